The number of ether oxygens (including phenoxy) is 1. The van der Waals surface area contributed by atoms with Crippen LogP contribution in [0.25, 0.3) is 17.1 Å². The van der Waals surface area contributed by atoms with Gasteiger partial charge in [-0.2, -0.15) is 5.10 Å². The van der Waals surface area contributed by atoms with Crippen molar-refractivity contribution in [2.75, 3.05) is 12.4 Å². The van der Waals surface area contributed by atoms with Crippen LogP contribution in [0.15, 0.2) is 89.1 Å². The van der Waals surface area contributed by atoms with Gasteiger partial charge in [0.25, 0.3) is 11.6 Å². The van der Waals surface area contributed by atoms with Crippen LogP contribution in [0.4, 0.5) is 5.69 Å². The summed E-state index contributed by atoms with van der Waals surface area (Å²) in [6.07, 6.45) is 1.42. The number of nitro benzene ring substituents is 1. The van der Waals surface area contributed by atoms with Crippen LogP contribution in [-0.4, -0.2) is 44.2 Å². The summed E-state index contributed by atoms with van der Waals surface area (Å²) in [6, 6.07) is 23.1. The van der Waals surface area contributed by atoms with Crippen LogP contribution in [-0.2, 0) is 4.79 Å². The fourth-order valence-corrected chi connectivity index (χ4v) is 4.00. The molecule has 10 nitrogen and oxygen atoms in total. The van der Waals surface area contributed by atoms with Crippen molar-refractivity contribution in [2.24, 2.45) is 5.10 Å². The van der Waals surface area contributed by atoms with E-state index in [2.05, 4.69) is 20.7 Å². The van der Waals surface area contributed by atoms with E-state index in [-0.39, 0.29) is 17.3 Å². The van der Waals surface area contributed by atoms with Gasteiger partial charge in [0.2, 0.25) is 0 Å². The maximum Gasteiger partial charge on any atom is 0.269 e. The number of hydrogen-bond acceptors (Lipinski definition) is 8. The molecular formula is C25H22N6O4S. The lowest BCUT2D eigenvalue weighted by Crippen LogP contribution is -2.20. The van der Waals surface area contributed by atoms with Crippen LogP contribution >= 0.6 is 11.8 Å². The molecular weight excluding hydrogens is 480 g/mol. The minimum Gasteiger partial charge on any atom is -0.494 e. The highest BCUT2D eigenvalue weighted by molar-refractivity contribution is 7.99. The van der Waals surface area contributed by atoms with Gasteiger partial charge >= 0.3 is 0 Å². The molecule has 3 aromatic carbocycles. The Morgan fingerprint density at radius 2 is 1.81 bits per heavy atom. The number of hydrogen-bond donors (Lipinski definition) is 1. The highest BCUT2D eigenvalue weighted by atomic mass is 32.2. The number of hydrazone groups is 1. The number of nitrogens with one attached hydrogen (secondary N) is 1. The summed E-state index contributed by atoms with van der Waals surface area (Å²) in [5, 5.41) is 23.9. The molecule has 36 heavy (non-hydrogen) atoms. The Bertz CT molecular complexity index is 1360. The maximum atomic E-state index is 12.4. The number of benzene rings is 3. The van der Waals surface area contributed by atoms with Crippen molar-refractivity contribution in [1.82, 2.24) is 20.2 Å². The molecule has 4 aromatic rings. The Balaban J connectivity index is 1.47. The minimum atomic E-state index is -0.477. The molecule has 182 valence electrons. The number of carbonyl (C=O) groups is 1. The monoisotopic (exact) mass is 502 g/mol. The fourth-order valence-electron chi connectivity index (χ4n) is 3.25. The fraction of sp³-hybridized carbons (Fsp3) is 0.120. The van der Waals surface area contributed by atoms with Crippen LogP contribution in [0, 0.1) is 10.1 Å². The van der Waals surface area contributed by atoms with E-state index < -0.39 is 4.92 Å². The lowest BCUT2D eigenvalue weighted by atomic mass is 10.2. The number of amides is 1. The van der Waals surface area contributed by atoms with Crippen molar-refractivity contribution < 1.29 is 14.5 Å². The SMILES string of the molecule is CCOc1ccc(-n2c(SCC(=O)NN=Cc3ccc([N+](=O)[O-])cc3)nnc2-c2ccccc2)cc1. The molecule has 0 spiro atoms. The van der Waals surface area contributed by atoms with Gasteiger partial charge in [-0.15, -0.1) is 10.2 Å². The third-order valence-electron chi connectivity index (χ3n) is 4.91. The van der Waals surface area contributed by atoms with E-state index in [1.165, 1.54) is 30.1 Å². The molecule has 0 unspecified atom stereocenters. The van der Waals surface area contributed by atoms with E-state index in [1.54, 1.807) is 12.1 Å². The summed E-state index contributed by atoms with van der Waals surface area (Å²) in [4.78, 5) is 22.6. The number of aromatic nitrogens is 3. The Morgan fingerprint density at radius 3 is 2.47 bits per heavy atom. The van der Waals surface area contributed by atoms with Crippen molar-refractivity contribution in [3.05, 3.63) is 94.5 Å². The van der Waals surface area contributed by atoms with Gasteiger partial charge in [0.1, 0.15) is 5.75 Å². The van der Waals surface area contributed by atoms with Crippen LogP contribution < -0.4 is 10.2 Å². The third kappa shape index (κ3) is 6.13. The number of nitrogens with zero attached hydrogens (tertiary/aromatic N) is 5. The number of nitro groups is 1. The summed E-state index contributed by atoms with van der Waals surface area (Å²) in [5.41, 5.74) is 4.79. The molecule has 0 aliphatic carbocycles. The van der Waals surface area contributed by atoms with Crippen LogP contribution in [0.5, 0.6) is 5.75 Å². The number of thioether (sulfide) groups is 1. The Hall–Kier alpha value is -4.51. The van der Waals surface area contributed by atoms with Crippen LogP contribution in [0.3, 0.4) is 0 Å². The summed E-state index contributed by atoms with van der Waals surface area (Å²) < 4.78 is 7.44. The first-order chi connectivity index (χ1) is 17.5. The summed E-state index contributed by atoms with van der Waals surface area (Å²) in [5.74, 6) is 1.14. The summed E-state index contributed by atoms with van der Waals surface area (Å²) in [7, 11) is 0. The average molecular weight is 503 g/mol. The second-order valence-corrected chi connectivity index (χ2v) is 8.31. The zero-order chi connectivity index (χ0) is 25.3. The molecule has 0 atom stereocenters. The van der Waals surface area contributed by atoms with Crippen molar-refractivity contribution in [2.45, 2.75) is 12.1 Å². The third-order valence-corrected chi connectivity index (χ3v) is 5.84. The van der Waals surface area contributed by atoms with Crippen molar-refractivity contribution in [3.63, 3.8) is 0 Å². The van der Waals surface area contributed by atoms with Crippen molar-refractivity contribution in [1.29, 1.82) is 0 Å². The molecule has 0 bridgehead atoms. The van der Waals surface area contributed by atoms with E-state index >= 15 is 0 Å². The number of rotatable bonds is 10. The quantitative estimate of drug-likeness (QED) is 0.147. The Morgan fingerprint density at radius 1 is 1.08 bits per heavy atom. The van der Waals surface area contributed by atoms with Gasteiger partial charge in [0.15, 0.2) is 11.0 Å². The van der Waals surface area contributed by atoms with E-state index in [4.69, 9.17) is 4.74 Å². The second-order valence-electron chi connectivity index (χ2n) is 7.37. The predicted molar refractivity (Wildman–Crippen MR) is 138 cm³/mol. The molecule has 0 fully saturated rings. The highest BCUT2D eigenvalue weighted by Crippen LogP contribution is 2.28. The second kappa shape index (κ2) is 11.8. The van der Waals surface area contributed by atoms with Gasteiger partial charge in [-0.1, -0.05) is 42.1 Å². The lowest BCUT2D eigenvalue weighted by Gasteiger charge is -2.11. The van der Waals surface area contributed by atoms with Crippen molar-refractivity contribution >= 4 is 29.6 Å². The van der Waals surface area contributed by atoms with E-state index in [1.807, 2.05) is 66.1 Å². The van der Waals surface area contributed by atoms with Gasteiger partial charge in [0.05, 0.1) is 23.5 Å². The first-order valence-corrected chi connectivity index (χ1v) is 12.0. The standard InChI is InChI=1S/C25H22N6O4S/c1-2-35-22-14-12-20(13-15-22)30-24(19-6-4-3-5-7-19)28-29-25(30)36-17-23(32)27-26-16-18-8-10-21(11-9-18)31(33)34/h3-16H,2,17H2,1H3,(H,27,32). The van der Waals surface area contributed by atoms with Gasteiger partial charge in [-0.05, 0) is 48.9 Å². The smallest absolute Gasteiger partial charge is 0.269 e. The van der Waals surface area contributed by atoms with Crippen LogP contribution in [0.1, 0.15) is 12.5 Å². The summed E-state index contributed by atoms with van der Waals surface area (Å²) in [6.45, 7) is 2.50. The lowest BCUT2D eigenvalue weighted by molar-refractivity contribution is -0.384. The van der Waals surface area contributed by atoms with Gasteiger partial charge in [0, 0.05) is 23.4 Å². The predicted octanol–water partition coefficient (Wildman–Crippen LogP) is 4.48. The first kappa shape index (κ1) is 24.6. The maximum absolute atomic E-state index is 12.4. The summed E-state index contributed by atoms with van der Waals surface area (Å²) >= 11 is 1.23. The first-order valence-electron chi connectivity index (χ1n) is 11.0. The zero-order valence-electron chi connectivity index (χ0n) is 19.3. The zero-order valence-corrected chi connectivity index (χ0v) is 20.1. The van der Waals surface area contributed by atoms with Gasteiger partial charge in [-0.25, -0.2) is 5.43 Å². The molecule has 0 aliphatic rings. The molecule has 11 heteroatoms. The Kier molecular flexibility index (Phi) is 8.04. The average Bonchev–Trinajstić information content (AvgIpc) is 3.33. The van der Waals surface area contributed by atoms with Crippen LogP contribution in [0.2, 0.25) is 0 Å². The molecule has 1 heterocycles. The molecule has 1 N–H and O–H groups in total. The molecule has 0 aliphatic heterocycles. The molecule has 4 rings (SSSR count). The van der Waals surface area contributed by atoms with E-state index in [0.717, 1.165) is 17.0 Å². The van der Waals surface area contributed by atoms with Gasteiger partial charge < -0.3 is 4.74 Å². The highest BCUT2D eigenvalue weighted by Gasteiger charge is 2.17. The minimum absolute atomic E-state index is 0.0147. The van der Waals surface area contributed by atoms with Crippen molar-refractivity contribution in [3.8, 4) is 22.8 Å². The van der Waals surface area contributed by atoms with Gasteiger partial charge in [-0.3, -0.25) is 19.5 Å². The number of non-ortho nitro benzene ring substituents is 1. The molecule has 0 saturated heterocycles. The number of carbonyl (C=O) groups excluding carboxylic acids is 1. The topological polar surface area (TPSA) is 125 Å². The molecule has 0 radical (unpaired) electrons. The van der Waals surface area contributed by atoms with E-state index in [9.17, 15) is 14.9 Å². The molecule has 0 saturated carbocycles. The largest absolute Gasteiger partial charge is 0.494 e. The Labute approximate surface area is 211 Å². The normalized spacial score (nSPS) is 10.9. The molecule has 1 aromatic heterocycles. The molecule has 1 amide bonds. The van der Waals surface area contributed by atoms with E-state index in [0.29, 0.717) is 23.2 Å².